The van der Waals surface area contributed by atoms with Gasteiger partial charge in [-0.05, 0) is 38.5 Å². The van der Waals surface area contributed by atoms with Gasteiger partial charge in [-0.1, -0.05) is 27.2 Å². The second kappa shape index (κ2) is 6.74. The van der Waals surface area contributed by atoms with Crippen LogP contribution in [0.5, 0.6) is 0 Å². The lowest BCUT2D eigenvalue weighted by Gasteiger charge is -2.07. The van der Waals surface area contributed by atoms with Crippen LogP contribution in [0.1, 0.15) is 27.4 Å². The third-order valence-corrected chi connectivity index (χ3v) is 3.88. The Morgan fingerprint density at radius 1 is 1.32 bits per heavy atom. The van der Waals surface area contributed by atoms with Gasteiger partial charge in [0.15, 0.2) is 6.61 Å². The molecule has 2 aromatic rings. The fourth-order valence-electron chi connectivity index (χ4n) is 1.85. The number of hydrogen-bond acceptors (Lipinski definition) is 5. The summed E-state index contributed by atoms with van der Waals surface area (Å²) in [6.45, 7) is 4.81. The predicted molar refractivity (Wildman–Crippen MR) is 83.8 cm³/mol. The molecule has 6 nitrogen and oxygen atoms in total. The minimum atomic E-state index is -0.628. The van der Waals surface area contributed by atoms with Crippen LogP contribution in [-0.2, 0) is 9.53 Å². The van der Waals surface area contributed by atoms with Crippen molar-refractivity contribution in [1.82, 2.24) is 5.16 Å². The van der Waals surface area contributed by atoms with Crippen LogP contribution in [-0.4, -0.2) is 23.6 Å². The van der Waals surface area contributed by atoms with Crippen LogP contribution < -0.4 is 5.32 Å². The lowest BCUT2D eigenvalue weighted by Crippen LogP contribution is -2.21. The summed E-state index contributed by atoms with van der Waals surface area (Å²) in [7, 11) is 0. The van der Waals surface area contributed by atoms with Crippen molar-refractivity contribution < 1.29 is 18.8 Å². The van der Waals surface area contributed by atoms with Crippen molar-refractivity contribution >= 4 is 33.5 Å². The van der Waals surface area contributed by atoms with Crippen molar-refractivity contribution in [1.29, 1.82) is 0 Å². The van der Waals surface area contributed by atoms with E-state index in [0.717, 1.165) is 10.0 Å². The first kappa shape index (κ1) is 16.2. The number of carbonyl (C=O) groups is 2. The molecule has 1 N–H and O–H groups in total. The first-order chi connectivity index (χ1) is 10.4. The molecule has 1 aromatic carbocycles. The Labute approximate surface area is 135 Å². The van der Waals surface area contributed by atoms with Crippen molar-refractivity contribution in [2.24, 2.45) is 0 Å². The van der Waals surface area contributed by atoms with E-state index in [1.807, 2.05) is 13.0 Å². The fourth-order valence-corrected chi connectivity index (χ4v) is 2.22. The van der Waals surface area contributed by atoms with Crippen LogP contribution in [0.4, 0.5) is 5.69 Å². The lowest BCUT2D eigenvalue weighted by atomic mass is 10.2. The predicted octanol–water partition coefficient (Wildman–Crippen LogP) is 3.16. The third-order valence-electron chi connectivity index (χ3n) is 3.03. The molecule has 0 unspecified atom stereocenters. The molecular weight excluding hydrogens is 352 g/mol. The summed E-state index contributed by atoms with van der Waals surface area (Å²) in [5.74, 6) is -0.683. The van der Waals surface area contributed by atoms with Crippen molar-refractivity contribution in [3.05, 3.63) is 45.3 Å². The largest absolute Gasteiger partial charge is 0.452 e. The number of rotatable bonds is 4. The number of ether oxygens (including phenoxy) is 1. The molecule has 0 aliphatic heterocycles. The summed E-state index contributed by atoms with van der Waals surface area (Å²) in [5, 5.41) is 6.32. The molecule has 0 saturated carbocycles. The maximum absolute atomic E-state index is 11.9. The number of halogens is 1. The van der Waals surface area contributed by atoms with Gasteiger partial charge in [0, 0.05) is 10.2 Å². The Morgan fingerprint density at radius 2 is 2.05 bits per heavy atom. The number of anilines is 1. The minimum Gasteiger partial charge on any atom is -0.452 e. The van der Waals surface area contributed by atoms with Crippen molar-refractivity contribution in [2.75, 3.05) is 11.9 Å². The molecule has 0 saturated heterocycles. The fraction of sp³-hybridized carbons (Fsp3) is 0.267. The van der Waals surface area contributed by atoms with E-state index < -0.39 is 11.9 Å². The summed E-state index contributed by atoms with van der Waals surface area (Å²) >= 11 is 3.39. The topological polar surface area (TPSA) is 81.4 Å². The maximum Gasteiger partial charge on any atom is 0.344 e. The molecule has 2 rings (SSSR count). The van der Waals surface area contributed by atoms with Crippen LogP contribution in [0.2, 0.25) is 0 Å². The smallest absolute Gasteiger partial charge is 0.344 e. The van der Waals surface area contributed by atoms with Crippen LogP contribution in [0.15, 0.2) is 27.2 Å². The van der Waals surface area contributed by atoms with Gasteiger partial charge in [0.1, 0.15) is 11.3 Å². The van der Waals surface area contributed by atoms with Gasteiger partial charge < -0.3 is 14.6 Å². The van der Waals surface area contributed by atoms with Crippen LogP contribution in [0.25, 0.3) is 0 Å². The van der Waals surface area contributed by atoms with Gasteiger partial charge in [-0.25, -0.2) is 4.79 Å². The standard InChI is InChI=1S/C15H15BrN2O4/c1-8-4-5-11(6-12(8)16)17-13(19)7-21-15(20)14-9(2)18-22-10(14)3/h4-6H,7H2,1-3H3,(H,17,19). The van der Waals surface area contributed by atoms with Crippen molar-refractivity contribution in [2.45, 2.75) is 20.8 Å². The monoisotopic (exact) mass is 366 g/mol. The molecule has 0 spiro atoms. The highest BCUT2D eigenvalue weighted by molar-refractivity contribution is 9.10. The van der Waals surface area contributed by atoms with E-state index in [9.17, 15) is 9.59 Å². The van der Waals surface area contributed by atoms with E-state index in [0.29, 0.717) is 17.1 Å². The second-order valence-corrected chi connectivity index (χ2v) is 5.64. The number of benzene rings is 1. The Morgan fingerprint density at radius 3 is 2.64 bits per heavy atom. The minimum absolute atomic E-state index is 0.255. The molecule has 116 valence electrons. The molecular formula is C15H15BrN2O4. The van der Waals surface area contributed by atoms with Crippen molar-refractivity contribution in [3.8, 4) is 0 Å². The molecule has 0 radical (unpaired) electrons. The Kier molecular flexibility index (Phi) is 4.97. The molecule has 7 heteroatoms. The first-order valence-electron chi connectivity index (χ1n) is 6.54. The lowest BCUT2D eigenvalue weighted by molar-refractivity contribution is -0.119. The van der Waals surface area contributed by atoms with Gasteiger partial charge in [-0.3, -0.25) is 4.79 Å². The van der Waals surface area contributed by atoms with E-state index in [4.69, 9.17) is 9.26 Å². The molecule has 0 fully saturated rings. The molecule has 1 aromatic heterocycles. The van der Waals surface area contributed by atoms with Gasteiger partial charge in [-0.2, -0.15) is 0 Å². The number of aromatic nitrogens is 1. The van der Waals surface area contributed by atoms with E-state index in [-0.39, 0.29) is 12.2 Å². The molecule has 0 atom stereocenters. The third kappa shape index (κ3) is 3.73. The number of nitrogens with zero attached hydrogens (tertiary/aromatic N) is 1. The zero-order valence-electron chi connectivity index (χ0n) is 12.4. The van der Waals surface area contributed by atoms with E-state index in [1.54, 1.807) is 26.0 Å². The summed E-state index contributed by atoms with van der Waals surface area (Å²) in [6.07, 6.45) is 0. The zero-order valence-corrected chi connectivity index (χ0v) is 14.0. The highest BCUT2D eigenvalue weighted by Crippen LogP contribution is 2.20. The van der Waals surface area contributed by atoms with Gasteiger partial charge >= 0.3 is 5.97 Å². The SMILES string of the molecule is Cc1ccc(NC(=O)COC(=O)c2c(C)noc2C)cc1Br. The van der Waals surface area contributed by atoms with E-state index in [1.165, 1.54) is 0 Å². The van der Waals surface area contributed by atoms with E-state index in [2.05, 4.69) is 26.4 Å². The Balaban J connectivity index is 1.93. The van der Waals surface area contributed by atoms with Gasteiger partial charge in [-0.15, -0.1) is 0 Å². The summed E-state index contributed by atoms with van der Waals surface area (Å²) < 4.78 is 10.7. The van der Waals surface area contributed by atoms with Gasteiger partial charge in [0.25, 0.3) is 5.91 Å². The molecule has 1 heterocycles. The van der Waals surface area contributed by atoms with Crippen LogP contribution in [0.3, 0.4) is 0 Å². The van der Waals surface area contributed by atoms with Crippen LogP contribution >= 0.6 is 15.9 Å². The number of carbonyl (C=O) groups excluding carboxylic acids is 2. The molecule has 0 aliphatic carbocycles. The molecule has 0 bridgehead atoms. The highest BCUT2D eigenvalue weighted by atomic mass is 79.9. The average Bonchev–Trinajstić information content (AvgIpc) is 2.80. The summed E-state index contributed by atoms with van der Waals surface area (Å²) in [5.41, 5.74) is 2.37. The number of hydrogen-bond donors (Lipinski definition) is 1. The number of aryl methyl sites for hydroxylation is 3. The Bertz CT molecular complexity index is 705. The number of esters is 1. The van der Waals surface area contributed by atoms with Crippen LogP contribution in [0, 0.1) is 20.8 Å². The average molecular weight is 367 g/mol. The number of nitrogens with one attached hydrogen (secondary N) is 1. The highest BCUT2D eigenvalue weighted by Gasteiger charge is 2.19. The maximum atomic E-state index is 11.9. The normalized spacial score (nSPS) is 10.4. The van der Waals surface area contributed by atoms with E-state index >= 15 is 0 Å². The first-order valence-corrected chi connectivity index (χ1v) is 7.33. The van der Waals surface area contributed by atoms with Crippen molar-refractivity contribution in [3.63, 3.8) is 0 Å². The summed E-state index contributed by atoms with van der Waals surface area (Å²) in [6, 6.07) is 5.42. The summed E-state index contributed by atoms with van der Waals surface area (Å²) in [4.78, 5) is 23.7. The van der Waals surface area contributed by atoms with Gasteiger partial charge in [0.2, 0.25) is 0 Å². The molecule has 0 aliphatic rings. The zero-order chi connectivity index (χ0) is 16.3. The second-order valence-electron chi connectivity index (χ2n) is 4.79. The Hall–Kier alpha value is -2.15. The molecule has 1 amide bonds. The quantitative estimate of drug-likeness (QED) is 0.840. The molecule has 22 heavy (non-hydrogen) atoms. The number of amides is 1. The van der Waals surface area contributed by atoms with Gasteiger partial charge in [0.05, 0.1) is 5.69 Å².